The number of hydrogen-bond acceptors (Lipinski definition) is 5. The van der Waals surface area contributed by atoms with Crippen LogP contribution in [-0.4, -0.2) is 30.0 Å². The van der Waals surface area contributed by atoms with Crippen molar-refractivity contribution in [2.45, 2.75) is 38.8 Å². The standard InChI is InChI=1S/C22H23F4N3O3/c1-12(2)15-9-19(29-18-8-14(22(24,25)26)3-4-17(18)23)27-11-16(15)21(31)28-10-13-5-6-32-20(30)7-13/h3-4,8-9,11-13H,5-7,10H2,1-2H3,(H,27,29)(H,28,31). The van der Waals surface area contributed by atoms with E-state index in [1.807, 2.05) is 13.8 Å². The van der Waals surface area contributed by atoms with Gasteiger partial charge in [-0.25, -0.2) is 9.37 Å². The van der Waals surface area contributed by atoms with Crippen molar-refractivity contribution in [2.75, 3.05) is 18.5 Å². The summed E-state index contributed by atoms with van der Waals surface area (Å²) in [7, 11) is 0. The molecule has 3 rings (SSSR count). The fourth-order valence-corrected chi connectivity index (χ4v) is 3.38. The number of aromatic nitrogens is 1. The highest BCUT2D eigenvalue weighted by Crippen LogP contribution is 2.33. The Hall–Kier alpha value is -3.17. The lowest BCUT2D eigenvalue weighted by atomic mass is 9.97. The van der Waals surface area contributed by atoms with Crippen LogP contribution < -0.4 is 10.6 Å². The van der Waals surface area contributed by atoms with Gasteiger partial charge in [-0.3, -0.25) is 9.59 Å². The molecule has 1 atom stereocenters. The summed E-state index contributed by atoms with van der Waals surface area (Å²) >= 11 is 0. The minimum atomic E-state index is -4.61. The van der Waals surface area contributed by atoms with Crippen LogP contribution >= 0.6 is 0 Å². The highest BCUT2D eigenvalue weighted by atomic mass is 19.4. The number of anilines is 2. The lowest BCUT2D eigenvalue weighted by Gasteiger charge is -2.22. The normalized spacial score (nSPS) is 16.6. The van der Waals surface area contributed by atoms with Crippen molar-refractivity contribution in [2.24, 2.45) is 5.92 Å². The maximum Gasteiger partial charge on any atom is 0.416 e. The zero-order valence-corrected chi connectivity index (χ0v) is 17.6. The van der Waals surface area contributed by atoms with E-state index < -0.39 is 17.6 Å². The monoisotopic (exact) mass is 453 g/mol. The van der Waals surface area contributed by atoms with Crippen LogP contribution in [0.3, 0.4) is 0 Å². The Morgan fingerprint density at radius 2 is 2.03 bits per heavy atom. The summed E-state index contributed by atoms with van der Waals surface area (Å²) < 4.78 is 57.8. The third kappa shape index (κ3) is 5.74. The molecule has 1 saturated heterocycles. The summed E-state index contributed by atoms with van der Waals surface area (Å²) in [5.74, 6) is -1.55. The van der Waals surface area contributed by atoms with Gasteiger partial charge in [0.2, 0.25) is 0 Å². The van der Waals surface area contributed by atoms with Gasteiger partial charge in [-0.1, -0.05) is 13.8 Å². The Balaban J connectivity index is 1.77. The van der Waals surface area contributed by atoms with Gasteiger partial charge in [-0.2, -0.15) is 13.2 Å². The number of carbonyl (C=O) groups excluding carboxylic acids is 2. The highest BCUT2D eigenvalue weighted by Gasteiger charge is 2.31. The number of pyridine rings is 1. The van der Waals surface area contributed by atoms with E-state index in [-0.39, 0.29) is 41.6 Å². The summed E-state index contributed by atoms with van der Waals surface area (Å²) in [6, 6.07) is 3.57. The number of nitrogens with zero attached hydrogens (tertiary/aromatic N) is 1. The molecular weight excluding hydrogens is 430 g/mol. The predicted molar refractivity (Wildman–Crippen MR) is 109 cm³/mol. The van der Waals surface area contributed by atoms with Gasteiger partial charge in [-0.05, 0) is 48.1 Å². The Morgan fingerprint density at radius 1 is 1.28 bits per heavy atom. The molecule has 1 aromatic carbocycles. The van der Waals surface area contributed by atoms with Gasteiger partial charge in [0.25, 0.3) is 5.91 Å². The van der Waals surface area contributed by atoms with Crippen molar-refractivity contribution in [3.05, 3.63) is 53.0 Å². The Kier molecular flexibility index (Phi) is 7.00. The second-order valence-corrected chi connectivity index (χ2v) is 7.92. The maximum atomic E-state index is 14.1. The first-order chi connectivity index (χ1) is 15.0. The zero-order valence-electron chi connectivity index (χ0n) is 17.6. The van der Waals surface area contributed by atoms with Crippen molar-refractivity contribution >= 4 is 23.4 Å². The molecule has 1 fully saturated rings. The molecule has 0 radical (unpaired) electrons. The Labute approximate surface area is 182 Å². The summed E-state index contributed by atoms with van der Waals surface area (Å²) in [6.45, 7) is 4.32. The molecule has 0 spiro atoms. The molecule has 0 aliphatic carbocycles. The van der Waals surface area contributed by atoms with E-state index >= 15 is 0 Å². The number of esters is 1. The second-order valence-electron chi connectivity index (χ2n) is 7.92. The van der Waals surface area contributed by atoms with Crippen LogP contribution in [0.1, 0.15) is 54.1 Å². The fourth-order valence-electron chi connectivity index (χ4n) is 3.38. The number of alkyl halides is 3. The number of halogens is 4. The summed E-state index contributed by atoms with van der Waals surface area (Å²) in [5.41, 5.74) is -0.472. The first kappa shape index (κ1) is 23.5. The van der Waals surface area contributed by atoms with Crippen molar-refractivity contribution in [3.63, 3.8) is 0 Å². The highest BCUT2D eigenvalue weighted by molar-refractivity contribution is 5.96. The average Bonchev–Trinajstić information content (AvgIpc) is 2.72. The lowest BCUT2D eigenvalue weighted by Crippen LogP contribution is -2.34. The van der Waals surface area contributed by atoms with Crippen LogP contribution in [0.15, 0.2) is 30.5 Å². The van der Waals surface area contributed by atoms with Gasteiger partial charge >= 0.3 is 12.1 Å². The topological polar surface area (TPSA) is 80.3 Å². The molecular formula is C22H23F4N3O3. The zero-order chi connectivity index (χ0) is 23.5. The number of nitrogens with one attached hydrogen (secondary N) is 2. The molecule has 2 heterocycles. The fraction of sp³-hybridized carbons (Fsp3) is 0.409. The van der Waals surface area contributed by atoms with Crippen LogP contribution in [-0.2, 0) is 15.7 Å². The van der Waals surface area contributed by atoms with Gasteiger partial charge in [0.15, 0.2) is 0 Å². The van der Waals surface area contributed by atoms with Gasteiger partial charge in [-0.15, -0.1) is 0 Å². The first-order valence-corrected chi connectivity index (χ1v) is 10.1. The van der Waals surface area contributed by atoms with Crippen molar-refractivity contribution in [1.82, 2.24) is 10.3 Å². The molecule has 1 aromatic heterocycles. The molecule has 10 heteroatoms. The molecule has 172 valence electrons. The number of hydrogen-bond donors (Lipinski definition) is 2. The number of rotatable bonds is 6. The van der Waals surface area contributed by atoms with E-state index in [4.69, 9.17) is 4.74 Å². The third-order valence-electron chi connectivity index (χ3n) is 5.15. The first-order valence-electron chi connectivity index (χ1n) is 10.1. The number of ether oxygens (including phenoxy) is 1. The molecule has 1 unspecified atom stereocenters. The second kappa shape index (κ2) is 9.54. The van der Waals surface area contributed by atoms with Crippen molar-refractivity contribution < 1.29 is 31.9 Å². The van der Waals surface area contributed by atoms with Gasteiger partial charge in [0.05, 0.1) is 29.8 Å². The van der Waals surface area contributed by atoms with E-state index in [2.05, 4.69) is 15.6 Å². The quantitative estimate of drug-likeness (QED) is 0.486. The van der Waals surface area contributed by atoms with Gasteiger partial charge in [0.1, 0.15) is 11.6 Å². The Morgan fingerprint density at radius 3 is 2.69 bits per heavy atom. The number of amides is 1. The van der Waals surface area contributed by atoms with Crippen LogP contribution in [0.2, 0.25) is 0 Å². The molecule has 6 nitrogen and oxygen atoms in total. The van der Waals surface area contributed by atoms with Gasteiger partial charge in [0, 0.05) is 12.7 Å². The van der Waals surface area contributed by atoms with E-state index in [0.717, 1.165) is 6.07 Å². The van der Waals surface area contributed by atoms with E-state index in [1.54, 1.807) is 0 Å². The van der Waals surface area contributed by atoms with E-state index in [1.165, 1.54) is 12.3 Å². The molecule has 2 N–H and O–H groups in total. The lowest BCUT2D eigenvalue weighted by molar-refractivity contribution is -0.149. The van der Waals surface area contributed by atoms with E-state index in [0.29, 0.717) is 42.8 Å². The van der Waals surface area contributed by atoms with Crippen LogP contribution in [0.25, 0.3) is 0 Å². The minimum absolute atomic E-state index is 0.0134. The molecule has 2 aromatic rings. The Bertz CT molecular complexity index is 1010. The van der Waals surface area contributed by atoms with Crippen molar-refractivity contribution in [1.29, 1.82) is 0 Å². The third-order valence-corrected chi connectivity index (χ3v) is 5.15. The molecule has 1 amide bonds. The average molecular weight is 453 g/mol. The maximum absolute atomic E-state index is 14.1. The predicted octanol–water partition coefficient (Wildman–Crippen LogP) is 4.79. The van der Waals surface area contributed by atoms with Crippen LogP contribution in [0, 0.1) is 11.7 Å². The van der Waals surface area contributed by atoms with Crippen LogP contribution in [0.5, 0.6) is 0 Å². The summed E-state index contributed by atoms with van der Waals surface area (Å²) in [5, 5.41) is 5.36. The number of cyclic esters (lactones) is 1. The molecule has 1 aliphatic rings. The van der Waals surface area contributed by atoms with E-state index in [9.17, 15) is 27.2 Å². The number of carbonyl (C=O) groups is 2. The largest absolute Gasteiger partial charge is 0.466 e. The van der Waals surface area contributed by atoms with Crippen LogP contribution in [0.4, 0.5) is 29.1 Å². The summed E-state index contributed by atoms with van der Waals surface area (Å²) in [4.78, 5) is 28.2. The summed E-state index contributed by atoms with van der Waals surface area (Å²) in [6.07, 6.45) is -2.42. The van der Waals surface area contributed by atoms with Gasteiger partial charge < -0.3 is 15.4 Å². The molecule has 1 aliphatic heterocycles. The SMILES string of the molecule is CC(C)c1cc(Nc2cc(C(F)(F)F)ccc2F)ncc1C(=O)NCC1CCOC(=O)C1. The molecule has 32 heavy (non-hydrogen) atoms. The minimum Gasteiger partial charge on any atom is -0.466 e. The smallest absolute Gasteiger partial charge is 0.416 e. The number of benzene rings is 1. The van der Waals surface area contributed by atoms with Crippen molar-refractivity contribution in [3.8, 4) is 0 Å². The molecule has 0 saturated carbocycles. The molecule has 0 bridgehead atoms.